The van der Waals surface area contributed by atoms with Gasteiger partial charge in [-0.3, -0.25) is 4.79 Å². The lowest BCUT2D eigenvalue weighted by Gasteiger charge is -2.19. The van der Waals surface area contributed by atoms with Crippen molar-refractivity contribution in [2.75, 3.05) is 14.2 Å². The van der Waals surface area contributed by atoms with E-state index in [1.807, 2.05) is 6.07 Å². The zero-order valence-corrected chi connectivity index (χ0v) is 14.8. The van der Waals surface area contributed by atoms with E-state index in [9.17, 15) is 18.0 Å². The number of aromatic nitrogens is 2. The number of ether oxygens (including phenoxy) is 1. The lowest BCUT2D eigenvalue weighted by atomic mass is 10.2. The molecule has 0 unspecified atom stereocenters. The summed E-state index contributed by atoms with van der Waals surface area (Å²) in [5.74, 6) is -0.883. The standard InChI is InChI=1S/C19H18F3N3O2/c1-24(11-13-6-5-7-14(10-13)27-2)17(26)12-25-16-9-4-3-8-15(16)23-18(25)19(20,21)22/h3-10H,11-12H2,1-2H3. The molecule has 0 fully saturated rings. The lowest BCUT2D eigenvalue weighted by Crippen LogP contribution is -2.31. The van der Waals surface area contributed by atoms with Crippen LogP contribution in [0.15, 0.2) is 48.5 Å². The van der Waals surface area contributed by atoms with Crippen molar-refractivity contribution in [1.82, 2.24) is 14.5 Å². The van der Waals surface area contributed by atoms with E-state index in [0.717, 1.165) is 10.1 Å². The van der Waals surface area contributed by atoms with Crippen molar-refractivity contribution < 1.29 is 22.7 Å². The van der Waals surface area contributed by atoms with Crippen molar-refractivity contribution in [3.63, 3.8) is 0 Å². The molecule has 1 amide bonds. The molecule has 3 aromatic rings. The fourth-order valence-corrected chi connectivity index (χ4v) is 2.84. The maximum atomic E-state index is 13.3. The van der Waals surface area contributed by atoms with E-state index in [1.165, 1.54) is 24.1 Å². The largest absolute Gasteiger partial charge is 0.497 e. The number of carbonyl (C=O) groups is 1. The first kappa shape index (κ1) is 18.8. The van der Waals surface area contributed by atoms with Gasteiger partial charge in [0.25, 0.3) is 0 Å². The molecule has 142 valence electrons. The van der Waals surface area contributed by atoms with E-state index in [4.69, 9.17) is 4.74 Å². The molecule has 0 aliphatic carbocycles. The highest BCUT2D eigenvalue weighted by Gasteiger charge is 2.38. The zero-order valence-electron chi connectivity index (χ0n) is 14.8. The minimum atomic E-state index is -4.65. The second kappa shape index (κ2) is 7.30. The van der Waals surface area contributed by atoms with Gasteiger partial charge in [-0.2, -0.15) is 13.2 Å². The predicted molar refractivity (Wildman–Crippen MR) is 94.2 cm³/mol. The van der Waals surface area contributed by atoms with E-state index >= 15 is 0 Å². The third kappa shape index (κ3) is 4.05. The number of hydrogen-bond donors (Lipinski definition) is 0. The number of likely N-dealkylation sites (N-methyl/N-ethyl adjacent to an activating group) is 1. The quantitative estimate of drug-likeness (QED) is 0.681. The van der Waals surface area contributed by atoms with Crippen LogP contribution in [0.25, 0.3) is 11.0 Å². The summed E-state index contributed by atoms with van der Waals surface area (Å²) in [6.07, 6.45) is -4.65. The molecule has 2 aromatic carbocycles. The van der Waals surface area contributed by atoms with Crippen molar-refractivity contribution in [2.45, 2.75) is 19.3 Å². The number of benzene rings is 2. The number of nitrogens with zero attached hydrogens (tertiary/aromatic N) is 3. The normalized spacial score (nSPS) is 11.6. The smallest absolute Gasteiger partial charge is 0.449 e. The van der Waals surface area contributed by atoms with Gasteiger partial charge in [0.2, 0.25) is 11.7 Å². The average molecular weight is 377 g/mol. The molecule has 1 heterocycles. The SMILES string of the molecule is COc1cccc(CN(C)C(=O)Cn2c(C(F)(F)F)nc3ccccc32)c1. The first-order chi connectivity index (χ1) is 12.8. The van der Waals surface area contributed by atoms with Crippen molar-refractivity contribution >= 4 is 16.9 Å². The van der Waals surface area contributed by atoms with Crippen LogP contribution in [0.1, 0.15) is 11.4 Å². The first-order valence-corrected chi connectivity index (χ1v) is 8.19. The van der Waals surface area contributed by atoms with Gasteiger partial charge >= 0.3 is 6.18 Å². The van der Waals surface area contributed by atoms with Gasteiger partial charge in [0.1, 0.15) is 12.3 Å². The third-order valence-electron chi connectivity index (χ3n) is 4.18. The minimum absolute atomic E-state index is 0.202. The topological polar surface area (TPSA) is 47.4 Å². The van der Waals surface area contributed by atoms with Gasteiger partial charge in [-0.25, -0.2) is 4.98 Å². The maximum Gasteiger partial charge on any atom is 0.449 e. The third-order valence-corrected chi connectivity index (χ3v) is 4.18. The van der Waals surface area contributed by atoms with Gasteiger partial charge in [-0.15, -0.1) is 0 Å². The van der Waals surface area contributed by atoms with Gasteiger partial charge < -0.3 is 14.2 Å². The fourth-order valence-electron chi connectivity index (χ4n) is 2.84. The van der Waals surface area contributed by atoms with E-state index in [-0.39, 0.29) is 17.6 Å². The average Bonchev–Trinajstić information content (AvgIpc) is 3.01. The molecular weight excluding hydrogens is 359 g/mol. The molecule has 0 saturated heterocycles. The molecular formula is C19H18F3N3O2. The Morgan fingerprint density at radius 1 is 1.19 bits per heavy atom. The number of carbonyl (C=O) groups excluding carboxylic acids is 1. The number of fused-ring (bicyclic) bond motifs is 1. The van der Waals surface area contributed by atoms with Crippen molar-refractivity contribution in [3.05, 3.63) is 59.9 Å². The number of rotatable bonds is 5. The Morgan fingerprint density at radius 3 is 2.63 bits per heavy atom. The van der Waals surface area contributed by atoms with Crippen LogP contribution in [-0.4, -0.2) is 34.5 Å². The monoisotopic (exact) mass is 377 g/mol. The summed E-state index contributed by atoms with van der Waals surface area (Å²) in [4.78, 5) is 17.6. The number of imidazole rings is 1. The van der Waals surface area contributed by atoms with Crippen LogP contribution in [0.3, 0.4) is 0 Å². The number of methoxy groups -OCH3 is 1. The molecule has 0 bridgehead atoms. The number of halogens is 3. The molecule has 0 saturated carbocycles. The number of hydrogen-bond acceptors (Lipinski definition) is 3. The Balaban J connectivity index is 1.84. The molecule has 0 aliphatic heterocycles. The number of amides is 1. The zero-order chi connectivity index (χ0) is 19.6. The Morgan fingerprint density at radius 2 is 1.93 bits per heavy atom. The summed E-state index contributed by atoms with van der Waals surface area (Å²) < 4.78 is 46.1. The van der Waals surface area contributed by atoms with Crippen LogP contribution < -0.4 is 4.74 Å². The highest BCUT2D eigenvalue weighted by Crippen LogP contribution is 2.31. The van der Waals surface area contributed by atoms with Crippen LogP contribution in [-0.2, 0) is 24.1 Å². The number of alkyl halides is 3. The highest BCUT2D eigenvalue weighted by molar-refractivity contribution is 5.81. The lowest BCUT2D eigenvalue weighted by molar-refractivity contribution is -0.148. The van der Waals surface area contributed by atoms with Gasteiger partial charge in [-0.1, -0.05) is 24.3 Å². The van der Waals surface area contributed by atoms with Gasteiger partial charge in [-0.05, 0) is 29.8 Å². The number of para-hydroxylation sites is 2. The van der Waals surface area contributed by atoms with Crippen molar-refractivity contribution in [1.29, 1.82) is 0 Å². The second-order valence-electron chi connectivity index (χ2n) is 6.11. The Labute approximate surface area is 154 Å². The van der Waals surface area contributed by atoms with Crippen LogP contribution in [0.4, 0.5) is 13.2 Å². The Bertz CT molecular complexity index is 966. The highest BCUT2D eigenvalue weighted by atomic mass is 19.4. The molecule has 1 aromatic heterocycles. The van der Waals surface area contributed by atoms with Crippen LogP contribution in [0.5, 0.6) is 5.75 Å². The summed E-state index contributed by atoms with van der Waals surface area (Å²) in [5, 5.41) is 0. The van der Waals surface area contributed by atoms with Gasteiger partial charge in [0.15, 0.2) is 0 Å². The molecule has 5 nitrogen and oxygen atoms in total. The fraction of sp³-hybridized carbons (Fsp3) is 0.263. The molecule has 3 rings (SSSR count). The van der Waals surface area contributed by atoms with Gasteiger partial charge in [0.05, 0.1) is 18.1 Å². The molecule has 27 heavy (non-hydrogen) atoms. The minimum Gasteiger partial charge on any atom is -0.497 e. The van der Waals surface area contributed by atoms with Crippen molar-refractivity contribution in [2.24, 2.45) is 0 Å². The van der Waals surface area contributed by atoms with E-state index in [0.29, 0.717) is 5.75 Å². The summed E-state index contributed by atoms with van der Waals surface area (Å²) in [6, 6.07) is 13.4. The molecule has 0 radical (unpaired) electrons. The summed E-state index contributed by atoms with van der Waals surface area (Å²) >= 11 is 0. The van der Waals surface area contributed by atoms with Crippen LogP contribution >= 0.6 is 0 Å². The molecule has 0 aliphatic rings. The van der Waals surface area contributed by atoms with E-state index in [2.05, 4.69) is 4.98 Å². The molecule has 8 heteroatoms. The summed E-state index contributed by atoms with van der Waals surface area (Å²) in [6.45, 7) is -0.195. The first-order valence-electron chi connectivity index (χ1n) is 8.19. The molecule has 0 atom stereocenters. The summed E-state index contributed by atoms with van der Waals surface area (Å²) in [5.41, 5.74) is 1.29. The summed E-state index contributed by atoms with van der Waals surface area (Å²) in [7, 11) is 3.09. The van der Waals surface area contributed by atoms with Crippen LogP contribution in [0, 0.1) is 0 Å². The molecule has 0 spiro atoms. The van der Waals surface area contributed by atoms with E-state index < -0.39 is 24.5 Å². The predicted octanol–water partition coefficient (Wildman–Crippen LogP) is 3.72. The Hall–Kier alpha value is -3.03. The molecule has 0 N–H and O–H groups in total. The van der Waals surface area contributed by atoms with Gasteiger partial charge in [0, 0.05) is 13.6 Å². The maximum absolute atomic E-state index is 13.3. The Kier molecular flexibility index (Phi) is 5.07. The van der Waals surface area contributed by atoms with E-state index in [1.54, 1.807) is 37.4 Å². The van der Waals surface area contributed by atoms with Crippen molar-refractivity contribution in [3.8, 4) is 5.75 Å². The second-order valence-corrected chi connectivity index (χ2v) is 6.11. The van der Waals surface area contributed by atoms with Crippen LogP contribution in [0.2, 0.25) is 0 Å².